The Morgan fingerprint density at radius 2 is 1.81 bits per heavy atom. The molecule has 3 aromatic rings. The Labute approximate surface area is 210 Å². The molecule has 4 rings (SSSR count). The van der Waals surface area contributed by atoms with E-state index in [1.165, 1.54) is 0 Å². The predicted octanol–water partition coefficient (Wildman–Crippen LogP) is 3.76. The fourth-order valence-electron chi connectivity index (χ4n) is 3.71. The minimum absolute atomic E-state index is 0.0764. The molecule has 0 radical (unpaired) electrons. The lowest BCUT2D eigenvalue weighted by atomic mass is 10.1. The number of benzene rings is 1. The molecule has 0 unspecified atom stereocenters. The highest BCUT2D eigenvalue weighted by Gasteiger charge is 2.53. The van der Waals surface area contributed by atoms with E-state index in [-0.39, 0.29) is 21.9 Å². The van der Waals surface area contributed by atoms with Gasteiger partial charge in [0.2, 0.25) is 0 Å². The number of fused-ring (bicyclic) bond motifs is 1. The number of likely N-dealkylation sites (N-methyl/N-ethyl adjacent to an activating group) is 1. The standard InChI is InChI=1S/C21H13ClF7N3O5/c1-31(7-4-8(20(24,25)26)13(23)10(22)5-7)18(35)14-15(33)16(34)19(36)32(14)12-6-9(21(27,28)29)17-11(30-12)2-3-37-17/h2-6,14-16,33-34H,1H3/t14-,15-,16-/m0/s1/i1D3. The number of aromatic nitrogens is 1. The number of aliphatic hydroxyl groups is 2. The highest BCUT2D eigenvalue weighted by molar-refractivity contribution is 6.31. The molecule has 1 aliphatic heterocycles. The molecule has 1 fully saturated rings. The molecule has 3 atom stereocenters. The number of pyridine rings is 1. The molecule has 0 spiro atoms. The highest BCUT2D eigenvalue weighted by Crippen LogP contribution is 2.40. The van der Waals surface area contributed by atoms with Crippen LogP contribution in [0.1, 0.15) is 15.2 Å². The van der Waals surface area contributed by atoms with Gasteiger partial charge in [0, 0.05) is 22.8 Å². The summed E-state index contributed by atoms with van der Waals surface area (Å²) in [5.41, 5.74) is -6.01. The fraction of sp³-hybridized carbons (Fsp3) is 0.286. The fourth-order valence-corrected chi connectivity index (χ4v) is 3.92. The molecule has 2 N–H and O–H groups in total. The molecule has 0 aliphatic carbocycles. The van der Waals surface area contributed by atoms with E-state index in [1.807, 2.05) is 0 Å². The van der Waals surface area contributed by atoms with Gasteiger partial charge >= 0.3 is 12.4 Å². The van der Waals surface area contributed by atoms with Crippen LogP contribution in [0.2, 0.25) is 5.02 Å². The van der Waals surface area contributed by atoms with Gasteiger partial charge in [-0.2, -0.15) is 26.3 Å². The molecule has 37 heavy (non-hydrogen) atoms. The first-order valence-corrected chi connectivity index (χ1v) is 10.2. The maximum atomic E-state index is 14.1. The van der Waals surface area contributed by atoms with Crippen LogP contribution in [0.4, 0.5) is 42.2 Å². The number of hydrogen-bond donors (Lipinski definition) is 2. The maximum Gasteiger partial charge on any atom is 0.420 e. The number of anilines is 2. The summed E-state index contributed by atoms with van der Waals surface area (Å²) in [6.07, 6.45) is -14.7. The van der Waals surface area contributed by atoms with Crippen molar-refractivity contribution in [3.63, 3.8) is 0 Å². The summed E-state index contributed by atoms with van der Waals surface area (Å²) in [5, 5.41) is 19.4. The minimum Gasteiger partial charge on any atom is -0.462 e. The Morgan fingerprint density at radius 1 is 1.16 bits per heavy atom. The average molecular weight is 559 g/mol. The lowest BCUT2D eigenvalue weighted by Crippen LogP contribution is -2.50. The zero-order valence-electron chi connectivity index (χ0n) is 20.6. The van der Waals surface area contributed by atoms with Crippen LogP contribution in [0.25, 0.3) is 11.1 Å². The molecular formula is C21H13ClF7N3O5. The van der Waals surface area contributed by atoms with Crippen LogP contribution in [-0.4, -0.2) is 52.2 Å². The summed E-state index contributed by atoms with van der Waals surface area (Å²) in [6.45, 7) is -3.69. The highest BCUT2D eigenvalue weighted by atomic mass is 35.5. The van der Waals surface area contributed by atoms with Gasteiger partial charge < -0.3 is 19.5 Å². The van der Waals surface area contributed by atoms with Crippen LogP contribution < -0.4 is 9.80 Å². The molecule has 0 saturated carbocycles. The van der Waals surface area contributed by atoms with Gasteiger partial charge in [0.1, 0.15) is 29.0 Å². The summed E-state index contributed by atoms with van der Waals surface area (Å²) < 4.78 is 123. The maximum absolute atomic E-state index is 14.1. The summed E-state index contributed by atoms with van der Waals surface area (Å²) in [5.74, 6) is -6.47. The van der Waals surface area contributed by atoms with Crippen LogP contribution in [0.5, 0.6) is 0 Å². The van der Waals surface area contributed by atoms with Crippen LogP contribution >= 0.6 is 11.6 Å². The van der Waals surface area contributed by atoms with Crippen LogP contribution in [0, 0.1) is 5.82 Å². The zero-order valence-corrected chi connectivity index (χ0v) is 18.4. The topological polar surface area (TPSA) is 107 Å². The van der Waals surface area contributed by atoms with E-state index in [0.717, 1.165) is 12.3 Å². The van der Waals surface area contributed by atoms with E-state index in [1.54, 1.807) is 0 Å². The third kappa shape index (κ3) is 4.46. The average Bonchev–Trinajstić information content (AvgIpc) is 3.36. The van der Waals surface area contributed by atoms with Gasteiger partial charge in [-0.1, -0.05) is 11.6 Å². The van der Waals surface area contributed by atoms with Gasteiger partial charge in [0.05, 0.1) is 16.8 Å². The molecule has 8 nitrogen and oxygen atoms in total. The van der Waals surface area contributed by atoms with Crippen molar-refractivity contribution in [2.24, 2.45) is 0 Å². The number of aliphatic hydroxyl groups excluding tert-OH is 2. The van der Waals surface area contributed by atoms with Gasteiger partial charge in [0.25, 0.3) is 11.8 Å². The van der Waals surface area contributed by atoms with E-state index in [4.69, 9.17) is 20.1 Å². The van der Waals surface area contributed by atoms with Crippen molar-refractivity contribution in [1.82, 2.24) is 4.98 Å². The third-order valence-electron chi connectivity index (χ3n) is 5.42. The summed E-state index contributed by atoms with van der Waals surface area (Å²) >= 11 is 5.51. The summed E-state index contributed by atoms with van der Waals surface area (Å²) in [4.78, 5) is 29.8. The number of alkyl halides is 6. The van der Waals surface area contributed by atoms with E-state index >= 15 is 0 Å². The van der Waals surface area contributed by atoms with E-state index < -0.39 is 94.0 Å². The third-order valence-corrected chi connectivity index (χ3v) is 5.69. The lowest BCUT2D eigenvalue weighted by Gasteiger charge is -2.29. The van der Waals surface area contributed by atoms with Gasteiger partial charge in [-0.25, -0.2) is 9.37 Å². The second-order valence-corrected chi connectivity index (χ2v) is 8.12. The molecular weight excluding hydrogens is 543 g/mol. The second kappa shape index (κ2) is 8.85. The normalized spacial score (nSPS) is 22.2. The summed E-state index contributed by atoms with van der Waals surface area (Å²) in [6, 6.07) is -1.08. The molecule has 16 heteroatoms. The molecule has 198 valence electrons. The van der Waals surface area contributed by atoms with E-state index in [9.17, 15) is 50.5 Å². The van der Waals surface area contributed by atoms with Crippen LogP contribution in [0.15, 0.2) is 34.9 Å². The van der Waals surface area contributed by atoms with E-state index in [2.05, 4.69) is 4.98 Å². The quantitative estimate of drug-likeness (QED) is 0.474. The Hall–Kier alpha value is -3.43. The zero-order chi connectivity index (χ0) is 30.1. The number of halogens is 8. The monoisotopic (exact) mass is 558 g/mol. The van der Waals surface area contributed by atoms with Crippen molar-refractivity contribution in [2.75, 3.05) is 16.8 Å². The van der Waals surface area contributed by atoms with Gasteiger partial charge in [-0.3, -0.25) is 14.5 Å². The smallest absolute Gasteiger partial charge is 0.420 e. The van der Waals surface area contributed by atoms with Crippen molar-refractivity contribution in [2.45, 2.75) is 30.6 Å². The van der Waals surface area contributed by atoms with Gasteiger partial charge in [-0.15, -0.1) is 0 Å². The Morgan fingerprint density at radius 3 is 2.41 bits per heavy atom. The number of amides is 2. The molecule has 1 saturated heterocycles. The Balaban J connectivity index is 1.91. The van der Waals surface area contributed by atoms with Crippen LogP contribution in [0.3, 0.4) is 0 Å². The predicted molar refractivity (Wildman–Crippen MR) is 112 cm³/mol. The molecule has 3 heterocycles. The van der Waals surface area contributed by atoms with Crippen molar-refractivity contribution in [3.8, 4) is 0 Å². The molecule has 1 aromatic carbocycles. The molecule has 2 aromatic heterocycles. The SMILES string of the molecule is [2H]C([2H])([2H])N(C(=O)[C@@H]1[C@H](O)[C@H](O)C(=O)N1c1cc(C(F)(F)F)c2occc2n1)c1cc(Cl)c(F)c(C(F)(F)F)c1. The number of hydrogen-bond acceptors (Lipinski definition) is 6. The van der Waals surface area contributed by atoms with Crippen molar-refractivity contribution < 1.29 is 59.1 Å². The number of carbonyl (C=O) groups excluding carboxylic acids is 2. The lowest BCUT2D eigenvalue weighted by molar-refractivity contribution is -0.140. The number of nitrogens with zero attached hydrogens (tertiary/aromatic N) is 3. The summed E-state index contributed by atoms with van der Waals surface area (Å²) in [7, 11) is 0. The minimum atomic E-state index is -5.42. The first kappa shape index (κ1) is 22.7. The van der Waals surface area contributed by atoms with Crippen LogP contribution in [-0.2, 0) is 21.9 Å². The molecule has 1 aliphatic rings. The van der Waals surface area contributed by atoms with Crippen molar-refractivity contribution >= 4 is 46.0 Å². The second-order valence-electron chi connectivity index (χ2n) is 7.71. The molecule has 0 bridgehead atoms. The van der Waals surface area contributed by atoms with E-state index in [0.29, 0.717) is 6.07 Å². The number of carbonyl (C=O) groups is 2. The van der Waals surface area contributed by atoms with Gasteiger partial charge in [0.15, 0.2) is 17.5 Å². The first-order chi connectivity index (χ1) is 18.2. The number of furan rings is 1. The molecule has 2 amide bonds. The van der Waals surface area contributed by atoms with Crippen molar-refractivity contribution in [3.05, 3.63) is 52.5 Å². The Kier molecular flexibility index (Phi) is 5.44. The van der Waals surface area contributed by atoms with Gasteiger partial charge in [-0.05, 0) is 18.2 Å². The Bertz CT molecular complexity index is 1510. The largest absolute Gasteiger partial charge is 0.462 e. The number of rotatable bonds is 3. The first-order valence-electron chi connectivity index (χ1n) is 11.3. The van der Waals surface area contributed by atoms with Crippen molar-refractivity contribution in [1.29, 1.82) is 0 Å².